The molecule has 0 unspecified atom stereocenters. The van der Waals surface area contributed by atoms with Gasteiger partial charge in [-0.25, -0.2) is 9.98 Å². The number of nitrogens with zero attached hydrogens (tertiary/aromatic N) is 4. The third-order valence-corrected chi connectivity index (χ3v) is 5.81. The number of amides is 1. The predicted octanol–water partition coefficient (Wildman–Crippen LogP) is 2.40. The van der Waals surface area contributed by atoms with Crippen LogP contribution in [0.1, 0.15) is 23.2 Å². The molecule has 8 heteroatoms. The number of hydrogen-bond acceptors (Lipinski definition) is 5. The molecule has 1 amide bonds. The average Bonchev–Trinajstić information content (AvgIpc) is 3.22. The number of nitrogens with one attached hydrogen (secondary N) is 2. The molecule has 0 aliphatic heterocycles. The number of aromatic nitrogens is 1. The Morgan fingerprint density at radius 3 is 2.53 bits per heavy atom. The summed E-state index contributed by atoms with van der Waals surface area (Å²) in [4.78, 5) is 25.9. The second-order valence-corrected chi connectivity index (χ2v) is 8.44. The number of para-hydroxylation sites is 1. The number of aryl methyl sites for hydroxylation is 1. The quantitative estimate of drug-likeness (QED) is 0.325. The maximum Gasteiger partial charge on any atom is 0.243 e. The number of benzene rings is 1. The Balaban J connectivity index is 1.81. The minimum atomic E-state index is -0.0209. The zero-order valence-corrected chi connectivity index (χ0v) is 19.3. The van der Waals surface area contributed by atoms with Crippen LogP contribution in [0.5, 0.6) is 0 Å². The molecule has 0 spiro atoms. The van der Waals surface area contributed by atoms with Gasteiger partial charge in [0.2, 0.25) is 5.91 Å². The van der Waals surface area contributed by atoms with Crippen LogP contribution >= 0.6 is 11.3 Å². The van der Waals surface area contributed by atoms with Crippen LogP contribution in [-0.2, 0) is 17.6 Å². The number of carbonyl (C=O) groups excluding carboxylic acids is 1. The van der Waals surface area contributed by atoms with Gasteiger partial charge in [-0.1, -0.05) is 25.1 Å². The summed E-state index contributed by atoms with van der Waals surface area (Å²) in [6.45, 7) is 4.70. The number of carbonyl (C=O) groups is 1. The van der Waals surface area contributed by atoms with Crippen LogP contribution < -0.4 is 15.5 Å². The lowest BCUT2D eigenvalue weighted by Crippen LogP contribution is -2.40. The summed E-state index contributed by atoms with van der Waals surface area (Å²) < 4.78 is 0. The van der Waals surface area contributed by atoms with Gasteiger partial charge in [0.1, 0.15) is 6.54 Å². The number of rotatable bonds is 11. The highest BCUT2D eigenvalue weighted by Gasteiger charge is 2.06. The molecule has 0 saturated heterocycles. The topological polar surface area (TPSA) is 72.9 Å². The van der Waals surface area contributed by atoms with Gasteiger partial charge in [-0.2, -0.15) is 0 Å². The van der Waals surface area contributed by atoms with Crippen LogP contribution in [-0.4, -0.2) is 69.1 Å². The van der Waals surface area contributed by atoms with E-state index in [2.05, 4.69) is 51.6 Å². The number of guanidine groups is 1. The van der Waals surface area contributed by atoms with E-state index in [-0.39, 0.29) is 12.5 Å². The van der Waals surface area contributed by atoms with E-state index in [1.165, 1.54) is 10.6 Å². The Kier molecular flexibility index (Phi) is 10.1. The van der Waals surface area contributed by atoms with Crippen molar-refractivity contribution >= 4 is 28.9 Å². The zero-order valence-electron chi connectivity index (χ0n) is 18.5. The van der Waals surface area contributed by atoms with Gasteiger partial charge in [0.05, 0.1) is 5.01 Å². The molecule has 2 rings (SSSR count). The Morgan fingerprint density at radius 2 is 1.87 bits per heavy atom. The summed E-state index contributed by atoms with van der Waals surface area (Å²) in [5.74, 6) is 0.646. The molecule has 1 aromatic carbocycles. The third-order valence-electron chi connectivity index (χ3n) is 4.61. The van der Waals surface area contributed by atoms with Crippen molar-refractivity contribution in [3.05, 3.63) is 46.4 Å². The smallest absolute Gasteiger partial charge is 0.243 e. The maximum absolute atomic E-state index is 11.9. The lowest BCUT2D eigenvalue weighted by molar-refractivity contribution is -0.127. The van der Waals surface area contributed by atoms with Gasteiger partial charge in [-0.3, -0.25) is 4.79 Å². The van der Waals surface area contributed by atoms with Crippen molar-refractivity contribution in [2.75, 3.05) is 52.2 Å². The maximum atomic E-state index is 11.9. The van der Waals surface area contributed by atoms with Crippen molar-refractivity contribution in [1.82, 2.24) is 20.5 Å². The molecular weight excluding hydrogens is 396 g/mol. The normalized spacial score (nSPS) is 11.3. The fourth-order valence-corrected chi connectivity index (χ4v) is 3.57. The summed E-state index contributed by atoms with van der Waals surface area (Å²) in [5.41, 5.74) is 1.20. The van der Waals surface area contributed by atoms with Crippen LogP contribution in [0.4, 0.5) is 5.69 Å². The van der Waals surface area contributed by atoms with Gasteiger partial charge >= 0.3 is 0 Å². The van der Waals surface area contributed by atoms with Crippen LogP contribution in [0.15, 0.2) is 41.5 Å². The van der Waals surface area contributed by atoms with Crippen molar-refractivity contribution in [1.29, 1.82) is 0 Å². The summed E-state index contributed by atoms with van der Waals surface area (Å²) in [7, 11) is 5.58. The van der Waals surface area contributed by atoms with Gasteiger partial charge < -0.3 is 20.4 Å². The third kappa shape index (κ3) is 8.41. The Bertz CT molecular complexity index is 790. The van der Waals surface area contributed by atoms with Gasteiger partial charge in [0, 0.05) is 64.0 Å². The first-order valence-corrected chi connectivity index (χ1v) is 11.2. The Hall–Kier alpha value is -2.61. The van der Waals surface area contributed by atoms with Gasteiger partial charge in [0.15, 0.2) is 5.96 Å². The van der Waals surface area contributed by atoms with E-state index in [1.54, 1.807) is 30.3 Å². The first-order chi connectivity index (χ1) is 14.5. The summed E-state index contributed by atoms with van der Waals surface area (Å²) in [5, 5.41) is 7.80. The molecule has 0 fully saturated rings. The molecule has 0 radical (unpaired) electrons. The van der Waals surface area contributed by atoms with E-state index >= 15 is 0 Å². The highest BCUT2D eigenvalue weighted by Crippen LogP contribution is 2.13. The molecule has 0 atom stereocenters. The van der Waals surface area contributed by atoms with Gasteiger partial charge in [0.25, 0.3) is 0 Å². The van der Waals surface area contributed by atoms with E-state index in [1.807, 2.05) is 24.4 Å². The van der Waals surface area contributed by atoms with E-state index in [9.17, 15) is 4.79 Å². The van der Waals surface area contributed by atoms with Crippen molar-refractivity contribution < 1.29 is 4.79 Å². The molecule has 1 heterocycles. The Morgan fingerprint density at radius 1 is 1.13 bits per heavy atom. The number of anilines is 1. The second-order valence-electron chi connectivity index (χ2n) is 7.24. The van der Waals surface area contributed by atoms with Crippen molar-refractivity contribution in [2.24, 2.45) is 4.99 Å². The fourth-order valence-electron chi connectivity index (χ4n) is 2.71. The van der Waals surface area contributed by atoms with Crippen molar-refractivity contribution in [3.8, 4) is 0 Å². The monoisotopic (exact) mass is 430 g/mol. The zero-order chi connectivity index (χ0) is 21.8. The van der Waals surface area contributed by atoms with E-state index in [0.717, 1.165) is 43.9 Å². The number of thiazole rings is 1. The molecule has 164 valence electrons. The molecule has 0 aliphatic carbocycles. The second kappa shape index (κ2) is 12.8. The molecule has 0 aliphatic rings. The fraction of sp³-hybridized carbons (Fsp3) is 0.500. The lowest BCUT2D eigenvalue weighted by Gasteiger charge is -2.20. The minimum Gasteiger partial charge on any atom is -0.375 e. The van der Waals surface area contributed by atoms with E-state index in [0.29, 0.717) is 5.96 Å². The largest absolute Gasteiger partial charge is 0.375 e. The summed E-state index contributed by atoms with van der Waals surface area (Å²) in [6.07, 6.45) is 4.76. The van der Waals surface area contributed by atoms with Crippen molar-refractivity contribution in [3.63, 3.8) is 0 Å². The predicted molar refractivity (Wildman–Crippen MR) is 127 cm³/mol. The van der Waals surface area contributed by atoms with Crippen LogP contribution in [0.2, 0.25) is 0 Å². The minimum absolute atomic E-state index is 0.0209. The van der Waals surface area contributed by atoms with Crippen LogP contribution in [0, 0.1) is 0 Å². The number of hydrogen-bond donors (Lipinski definition) is 2. The van der Waals surface area contributed by atoms with E-state index in [4.69, 9.17) is 0 Å². The van der Waals surface area contributed by atoms with Crippen LogP contribution in [0.3, 0.4) is 0 Å². The van der Waals surface area contributed by atoms with Crippen LogP contribution in [0.25, 0.3) is 0 Å². The SMILES string of the molecule is CCc1cnc(CCNC(=NCC(=O)N(C)C)NCCCN(C)c2ccccc2)s1. The summed E-state index contributed by atoms with van der Waals surface area (Å²) in [6, 6.07) is 10.3. The molecule has 2 N–H and O–H groups in total. The highest BCUT2D eigenvalue weighted by atomic mass is 32.1. The van der Waals surface area contributed by atoms with Gasteiger partial charge in [-0.05, 0) is 25.0 Å². The average molecular weight is 431 g/mol. The molecule has 0 saturated carbocycles. The molecule has 0 bridgehead atoms. The first-order valence-electron chi connectivity index (χ1n) is 10.4. The molecule has 1 aromatic heterocycles. The summed E-state index contributed by atoms with van der Waals surface area (Å²) >= 11 is 1.75. The highest BCUT2D eigenvalue weighted by molar-refractivity contribution is 7.11. The van der Waals surface area contributed by atoms with Gasteiger partial charge in [-0.15, -0.1) is 11.3 Å². The lowest BCUT2D eigenvalue weighted by atomic mass is 10.3. The van der Waals surface area contributed by atoms with Crippen molar-refractivity contribution in [2.45, 2.75) is 26.2 Å². The standard InChI is InChI=1S/C22H34N6OS/c1-5-19-16-25-20(30-19)12-14-24-22(26-17-21(29)27(2)3)23-13-9-15-28(4)18-10-7-6-8-11-18/h6-8,10-11,16H,5,9,12-15,17H2,1-4H3,(H2,23,24,26). The molecule has 7 nitrogen and oxygen atoms in total. The first kappa shape index (κ1) is 23.7. The molecule has 2 aromatic rings. The number of aliphatic imine (C=N–C) groups is 1. The molecular formula is C22H34N6OS. The Labute approximate surface area is 184 Å². The number of likely N-dealkylation sites (N-methyl/N-ethyl adjacent to an activating group) is 1. The van der Waals surface area contributed by atoms with E-state index < -0.39 is 0 Å². The molecule has 30 heavy (non-hydrogen) atoms.